The van der Waals surface area contributed by atoms with E-state index in [4.69, 9.17) is 19.2 Å². The molecule has 190 valence electrons. The fraction of sp³-hybridized carbons (Fsp3) is 0.423. The van der Waals surface area contributed by atoms with E-state index in [1.807, 2.05) is 28.8 Å². The predicted octanol–water partition coefficient (Wildman–Crippen LogP) is 2.20. The van der Waals surface area contributed by atoms with Gasteiger partial charge in [0, 0.05) is 26.2 Å². The van der Waals surface area contributed by atoms with Gasteiger partial charge < -0.3 is 23.9 Å². The molecule has 2 atom stereocenters. The Kier molecular flexibility index (Phi) is 6.80. The van der Waals surface area contributed by atoms with Crippen LogP contribution in [0.2, 0.25) is 0 Å². The van der Waals surface area contributed by atoms with Gasteiger partial charge in [0.15, 0.2) is 17.4 Å². The molecule has 3 heterocycles. The second-order valence-corrected chi connectivity index (χ2v) is 8.82. The standard InChI is InChI=1S/C26H30N4O6/c1-3-36-25(33)22-23(17-8-9-21(34-2)20(31)16-17)30-19-7-5-4-6-18(19)27-26(30)29(24(22)32)11-10-28-12-14-35-15-13-28/h4-9,16,22-23,31H,3,10-15H2,1-2H3/t22-,23-/m0/s1. The molecule has 0 aliphatic carbocycles. The molecule has 0 radical (unpaired) electrons. The summed E-state index contributed by atoms with van der Waals surface area (Å²) in [7, 11) is 1.47. The lowest BCUT2D eigenvalue weighted by atomic mass is 9.89. The van der Waals surface area contributed by atoms with E-state index in [0.717, 1.165) is 18.6 Å². The van der Waals surface area contributed by atoms with Crippen LogP contribution in [0.4, 0.5) is 5.95 Å². The maximum absolute atomic E-state index is 14.0. The molecular formula is C26H30N4O6. The zero-order valence-electron chi connectivity index (χ0n) is 20.4. The van der Waals surface area contributed by atoms with Gasteiger partial charge in [0.25, 0.3) is 0 Å². The third-order valence-electron chi connectivity index (χ3n) is 6.77. The number of phenolic OH excluding ortho intramolecular Hbond substituents is 1. The number of aromatic nitrogens is 2. The maximum atomic E-state index is 14.0. The monoisotopic (exact) mass is 494 g/mol. The molecule has 1 saturated heterocycles. The van der Waals surface area contributed by atoms with Gasteiger partial charge in [0.05, 0.1) is 44.0 Å². The summed E-state index contributed by atoms with van der Waals surface area (Å²) in [5.74, 6) is -1.43. The summed E-state index contributed by atoms with van der Waals surface area (Å²) in [5, 5.41) is 10.5. The number of anilines is 1. The number of aromatic hydroxyl groups is 1. The highest BCUT2D eigenvalue weighted by Crippen LogP contribution is 2.43. The Morgan fingerprint density at radius 2 is 1.94 bits per heavy atom. The molecule has 0 spiro atoms. The van der Waals surface area contributed by atoms with Crippen LogP contribution in [0, 0.1) is 5.92 Å². The van der Waals surface area contributed by atoms with E-state index in [0.29, 0.717) is 49.1 Å². The fourth-order valence-electron chi connectivity index (χ4n) is 5.02. The number of esters is 1. The number of carbonyl (C=O) groups excluding carboxylic acids is 2. The van der Waals surface area contributed by atoms with Crippen LogP contribution in [0.3, 0.4) is 0 Å². The number of fused-ring (bicyclic) bond motifs is 3. The molecule has 5 rings (SSSR count). The molecule has 10 nitrogen and oxygen atoms in total. The minimum absolute atomic E-state index is 0.0780. The minimum atomic E-state index is -1.15. The Morgan fingerprint density at radius 3 is 2.67 bits per heavy atom. The molecule has 36 heavy (non-hydrogen) atoms. The predicted molar refractivity (Wildman–Crippen MR) is 132 cm³/mol. The first-order valence-corrected chi connectivity index (χ1v) is 12.2. The summed E-state index contributed by atoms with van der Waals surface area (Å²) in [5.41, 5.74) is 2.08. The quantitative estimate of drug-likeness (QED) is 0.394. The van der Waals surface area contributed by atoms with Crippen LogP contribution in [0.1, 0.15) is 18.5 Å². The number of hydrogen-bond donors (Lipinski definition) is 1. The van der Waals surface area contributed by atoms with E-state index in [1.165, 1.54) is 13.2 Å². The molecule has 1 aromatic heterocycles. The lowest BCUT2D eigenvalue weighted by molar-refractivity contribution is -0.153. The normalized spacial score (nSPS) is 20.4. The van der Waals surface area contributed by atoms with Crippen molar-refractivity contribution in [2.24, 2.45) is 5.92 Å². The largest absolute Gasteiger partial charge is 0.504 e. The molecule has 0 saturated carbocycles. The Hall–Kier alpha value is -3.63. The van der Waals surface area contributed by atoms with Crippen LogP contribution in [0.25, 0.3) is 11.0 Å². The number of benzene rings is 2. The number of hydrogen-bond acceptors (Lipinski definition) is 8. The second-order valence-electron chi connectivity index (χ2n) is 8.82. The Balaban J connectivity index is 1.64. The van der Waals surface area contributed by atoms with Gasteiger partial charge in [0.2, 0.25) is 11.9 Å². The van der Waals surface area contributed by atoms with Crippen LogP contribution < -0.4 is 9.64 Å². The summed E-state index contributed by atoms with van der Waals surface area (Å²) < 4.78 is 18.0. The molecule has 3 aromatic rings. The van der Waals surface area contributed by atoms with Crippen molar-refractivity contribution in [2.75, 3.05) is 58.0 Å². The van der Waals surface area contributed by atoms with E-state index >= 15 is 0 Å². The number of nitrogens with zero attached hydrogens (tertiary/aromatic N) is 4. The van der Waals surface area contributed by atoms with Crippen LogP contribution in [0.15, 0.2) is 42.5 Å². The highest BCUT2D eigenvalue weighted by Gasteiger charge is 2.48. The SMILES string of the molecule is CCOC(=O)[C@@H]1C(=O)N(CCN2CCOCC2)c2nc3ccccc3n2[C@H]1c1ccc(OC)c(O)c1. The van der Waals surface area contributed by atoms with Crippen molar-refractivity contribution in [3.63, 3.8) is 0 Å². The highest BCUT2D eigenvalue weighted by molar-refractivity contribution is 6.08. The first kappa shape index (κ1) is 24.1. The van der Waals surface area contributed by atoms with Crippen molar-refractivity contribution < 1.29 is 28.9 Å². The molecule has 0 unspecified atom stereocenters. The number of phenols is 1. The minimum Gasteiger partial charge on any atom is -0.504 e. The topological polar surface area (TPSA) is 106 Å². The zero-order chi connectivity index (χ0) is 25.2. The third kappa shape index (κ3) is 4.27. The Bertz CT molecular complexity index is 1270. The van der Waals surface area contributed by atoms with E-state index in [9.17, 15) is 14.7 Å². The van der Waals surface area contributed by atoms with Gasteiger partial charge in [-0.1, -0.05) is 18.2 Å². The van der Waals surface area contributed by atoms with Crippen LogP contribution in [0.5, 0.6) is 11.5 Å². The summed E-state index contributed by atoms with van der Waals surface area (Å²) in [4.78, 5) is 35.9. The molecule has 1 N–H and O–H groups in total. The molecule has 1 fully saturated rings. The highest BCUT2D eigenvalue weighted by atomic mass is 16.5. The van der Waals surface area contributed by atoms with Crippen LogP contribution in [-0.4, -0.2) is 84.5 Å². The molecule has 2 aliphatic heterocycles. The first-order valence-electron chi connectivity index (χ1n) is 12.2. The number of imidazole rings is 1. The molecular weight excluding hydrogens is 464 g/mol. The summed E-state index contributed by atoms with van der Waals surface area (Å²) >= 11 is 0. The van der Waals surface area contributed by atoms with Gasteiger partial charge in [-0.05, 0) is 36.8 Å². The van der Waals surface area contributed by atoms with Gasteiger partial charge in [-0.2, -0.15) is 0 Å². The summed E-state index contributed by atoms with van der Waals surface area (Å²) in [6.07, 6.45) is 0. The molecule has 1 amide bonds. The smallest absolute Gasteiger partial charge is 0.321 e. The summed E-state index contributed by atoms with van der Waals surface area (Å²) in [6, 6.07) is 11.7. The van der Waals surface area contributed by atoms with Crippen molar-refractivity contribution in [1.82, 2.24) is 14.5 Å². The van der Waals surface area contributed by atoms with Crippen molar-refractivity contribution >= 4 is 28.9 Å². The lowest BCUT2D eigenvalue weighted by Crippen LogP contribution is -2.52. The van der Waals surface area contributed by atoms with Crippen molar-refractivity contribution in [3.05, 3.63) is 48.0 Å². The number of carbonyl (C=O) groups is 2. The fourth-order valence-corrected chi connectivity index (χ4v) is 5.02. The lowest BCUT2D eigenvalue weighted by Gasteiger charge is -2.39. The average Bonchev–Trinajstić information content (AvgIpc) is 3.27. The van der Waals surface area contributed by atoms with Crippen molar-refractivity contribution in [2.45, 2.75) is 13.0 Å². The average molecular weight is 495 g/mol. The van der Waals surface area contributed by atoms with Gasteiger partial charge in [0.1, 0.15) is 0 Å². The number of morpholine rings is 1. The molecule has 2 aromatic carbocycles. The number of ether oxygens (including phenoxy) is 3. The third-order valence-corrected chi connectivity index (χ3v) is 6.77. The second kappa shape index (κ2) is 10.2. The molecule has 2 aliphatic rings. The van der Waals surface area contributed by atoms with Crippen molar-refractivity contribution in [3.8, 4) is 11.5 Å². The first-order chi connectivity index (χ1) is 17.5. The molecule has 0 bridgehead atoms. The van der Waals surface area contributed by atoms with Crippen LogP contribution >= 0.6 is 0 Å². The number of para-hydroxylation sites is 2. The van der Waals surface area contributed by atoms with Gasteiger partial charge in [-0.15, -0.1) is 0 Å². The van der Waals surface area contributed by atoms with Gasteiger partial charge in [-0.3, -0.25) is 19.4 Å². The van der Waals surface area contributed by atoms with E-state index < -0.39 is 17.9 Å². The zero-order valence-corrected chi connectivity index (χ0v) is 20.4. The van der Waals surface area contributed by atoms with E-state index in [-0.39, 0.29) is 18.3 Å². The van der Waals surface area contributed by atoms with Gasteiger partial charge in [-0.25, -0.2) is 4.98 Å². The van der Waals surface area contributed by atoms with E-state index in [1.54, 1.807) is 24.0 Å². The number of methoxy groups -OCH3 is 1. The Morgan fingerprint density at radius 1 is 1.17 bits per heavy atom. The van der Waals surface area contributed by atoms with Gasteiger partial charge >= 0.3 is 5.97 Å². The Labute approximate surface area is 209 Å². The number of amides is 1. The van der Waals surface area contributed by atoms with Crippen LogP contribution in [-0.2, 0) is 19.1 Å². The van der Waals surface area contributed by atoms with E-state index in [2.05, 4.69) is 4.90 Å². The van der Waals surface area contributed by atoms with Crippen molar-refractivity contribution in [1.29, 1.82) is 0 Å². The summed E-state index contributed by atoms with van der Waals surface area (Å²) in [6.45, 7) is 5.74. The molecule has 10 heteroatoms. The maximum Gasteiger partial charge on any atom is 0.321 e. The number of rotatable bonds is 7.